The van der Waals surface area contributed by atoms with Crippen LogP contribution >= 0.6 is 27.3 Å². The lowest BCUT2D eigenvalue weighted by Crippen LogP contribution is -2.40. The van der Waals surface area contributed by atoms with Gasteiger partial charge in [0, 0.05) is 40.6 Å². The van der Waals surface area contributed by atoms with Gasteiger partial charge in [-0.25, -0.2) is 13.8 Å². The van der Waals surface area contributed by atoms with Crippen LogP contribution in [0.2, 0.25) is 0 Å². The second-order valence-electron chi connectivity index (χ2n) is 6.99. The summed E-state index contributed by atoms with van der Waals surface area (Å²) in [5.41, 5.74) is -0.904. The Morgan fingerprint density at radius 3 is 2.72 bits per heavy atom. The van der Waals surface area contributed by atoms with Gasteiger partial charge in [0.15, 0.2) is 0 Å². The highest BCUT2D eigenvalue weighted by atomic mass is 79.9. The molecule has 1 unspecified atom stereocenters. The Morgan fingerprint density at radius 1 is 1.25 bits per heavy atom. The molecule has 3 aromatic heterocycles. The number of aromatic amines is 1. The van der Waals surface area contributed by atoms with Crippen molar-refractivity contribution in [2.24, 2.45) is 0 Å². The minimum absolute atomic E-state index is 0.145. The van der Waals surface area contributed by atoms with Crippen molar-refractivity contribution in [3.05, 3.63) is 106 Å². The number of hydrogen-bond acceptors (Lipinski definition) is 5. The van der Waals surface area contributed by atoms with E-state index in [1.54, 1.807) is 18.2 Å². The van der Waals surface area contributed by atoms with Crippen LogP contribution < -0.4 is 22.1 Å². The lowest BCUT2D eigenvalue weighted by atomic mass is 10.2. The van der Waals surface area contributed by atoms with Gasteiger partial charge in [-0.2, -0.15) is 0 Å². The highest BCUT2D eigenvalue weighted by molar-refractivity contribution is 9.10. The summed E-state index contributed by atoms with van der Waals surface area (Å²) in [5.74, 6) is -0.466. The van der Waals surface area contributed by atoms with E-state index in [9.17, 15) is 19.2 Å². The third-order valence-electron chi connectivity index (χ3n) is 4.82. The third kappa shape index (κ3) is 4.08. The first-order chi connectivity index (χ1) is 15.3. The van der Waals surface area contributed by atoms with Crippen molar-refractivity contribution >= 4 is 38.0 Å². The number of pyridine rings is 1. The van der Waals surface area contributed by atoms with E-state index in [4.69, 9.17) is 0 Å². The van der Waals surface area contributed by atoms with Gasteiger partial charge >= 0.3 is 5.69 Å². The van der Waals surface area contributed by atoms with Gasteiger partial charge in [-0.3, -0.25) is 18.8 Å². The number of rotatable bonds is 5. The number of thiazole rings is 1. The minimum Gasteiger partial charge on any atom is -0.347 e. The van der Waals surface area contributed by atoms with Gasteiger partial charge in [0.05, 0.1) is 0 Å². The number of carbonyl (C=O) groups excluding carboxylic acids is 1. The van der Waals surface area contributed by atoms with E-state index in [0.29, 0.717) is 14.6 Å². The monoisotopic (exact) mass is 518 g/mol. The maximum absolute atomic E-state index is 15.2. The van der Waals surface area contributed by atoms with Crippen LogP contribution in [-0.2, 0) is 6.54 Å². The molecule has 4 rings (SSSR count). The maximum Gasteiger partial charge on any atom is 0.338 e. The summed E-state index contributed by atoms with van der Waals surface area (Å²) < 4.78 is 17.5. The predicted molar refractivity (Wildman–Crippen MR) is 122 cm³/mol. The van der Waals surface area contributed by atoms with Gasteiger partial charge in [-0.1, -0.05) is 34.1 Å². The molecule has 0 aliphatic carbocycles. The summed E-state index contributed by atoms with van der Waals surface area (Å²) in [6.45, 7) is 1.64. The quantitative estimate of drug-likeness (QED) is 0.423. The number of amides is 1. The molecule has 32 heavy (non-hydrogen) atoms. The molecule has 0 fully saturated rings. The fraction of sp³-hybridized carbons (Fsp3) is 0.143. The van der Waals surface area contributed by atoms with Crippen molar-refractivity contribution in [3.63, 3.8) is 0 Å². The van der Waals surface area contributed by atoms with Crippen molar-refractivity contribution in [1.29, 1.82) is 0 Å². The number of carbonyl (C=O) groups is 1. The van der Waals surface area contributed by atoms with Gasteiger partial charge in [0.25, 0.3) is 11.5 Å². The first-order valence-electron chi connectivity index (χ1n) is 9.39. The third-order valence-corrected chi connectivity index (χ3v) is 6.52. The first-order valence-corrected chi connectivity index (χ1v) is 11.0. The number of nitrogens with zero attached hydrogens (tertiary/aromatic N) is 2. The van der Waals surface area contributed by atoms with E-state index >= 15 is 4.39 Å². The summed E-state index contributed by atoms with van der Waals surface area (Å²) in [6.07, 6.45) is 0.791. The van der Waals surface area contributed by atoms with Crippen LogP contribution in [0.5, 0.6) is 0 Å². The lowest BCUT2D eigenvalue weighted by Gasteiger charge is -2.13. The molecule has 1 aromatic carbocycles. The second kappa shape index (κ2) is 8.67. The Balaban J connectivity index is 1.70. The van der Waals surface area contributed by atoms with E-state index in [-0.39, 0.29) is 32.9 Å². The van der Waals surface area contributed by atoms with E-state index in [1.165, 1.54) is 37.5 Å². The molecule has 2 N–H and O–H groups in total. The van der Waals surface area contributed by atoms with Crippen molar-refractivity contribution < 1.29 is 9.18 Å². The first kappa shape index (κ1) is 21.9. The molecular formula is C21H16BrFN4O4S. The Labute approximate surface area is 192 Å². The number of aromatic nitrogens is 3. The van der Waals surface area contributed by atoms with Crippen LogP contribution in [0.3, 0.4) is 0 Å². The van der Waals surface area contributed by atoms with Gasteiger partial charge < -0.3 is 10.3 Å². The number of H-pyrrole nitrogens is 1. The Morgan fingerprint density at radius 2 is 2.03 bits per heavy atom. The van der Waals surface area contributed by atoms with Crippen molar-refractivity contribution in [2.75, 3.05) is 0 Å². The SMILES string of the molecule is Cc1c(=O)n(C(F)c2cccc(Br)c2)c(=O)n2cc(C(=O)NCc3ccc(=O)[nH]c3)sc12. The molecule has 11 heteroatoms. The molecular weight excluding hydrogens is 503 g/mol. The lowest BCUT2D eigenvalue weighted by molar-refractivity contribution is 0.0954. The van der Waals surface area contributed by atoms with E-state index in [0.717, 1.165) is 15.7 Å². The van der Waals surface area contributed by atoms with Crippen LogP contribution in [0.15, 0.2) is 67.6 Å². The minimum atomic E-state index is -1.99. The molecule has 0 aliphatic rings. The summed E-state index contributed by atoms with van der Waals surface area (Å²) in [6, 6.07) is 9.21. The summed E-state index contributed by atoms with van der Waals surface area (Å²) in [7, 11) is 0. The molecule has 1 amide bonds. The number of benzene rings is 1. The zero-order valence-electron chi connectivity index (χ0n) is 16.6. The molecule has 0 bridgehead atoms. The molecule has 0 aliphatic heterocycles. The molecule has 164 valence electrons. The van der Waals surface area contributed by atoms with Gasteiger partial charge in [0.2, 0.25) is 11.9 Å². The Kier molecular flexibility index (Phi) is 5.94. The van der Waals surface area contributed by atoms with Gasteiger partial charge in [-0.05, 0) is 24.6 Å². The summed E-state index contributed by atoms with van der Waals surface area (Å²) in [4.78, 5) is 52.4. The topological polar surface area (TPSA) is 105 Å². The number of aryl methyl sites for hydroxylation is 1. The zero-order chi connectivity index (χ0) is 23.0. The zero-order valence-corrected chi connectivity index (χ0v) is 19.0. The Bertz CT molecular complexity index is 1500. The number of nitrogens with one attached hydrogen (secondary N) is 2. The van der Waals surface area contributed by atoms with Crippen molar-refractivity contribution in [2.45, 2.75) is 19.8 Å². The fourth-order valence-corrected chi connectivity index (χ4v) is 4.58. The van der Waals surface area contributed by atoms with E-state index in [1.807, 2.05) is 0 Å². The number of alkyl halides is 1. The van der Waals surface area contributed by atoms with Gasteiger partial charge in [0.1, 0.15) is 9.71 Å². The van der Waals surface area contributed by atoms with Crippen molar-refractivity contribution in [3.8, 4) is 0 Å². The molecule has 0 saturated heterocycles. The molecule has 1 atom stereocenters. The highest BCUT2D eigenvalue weighted by Crippen LogP contribution is 2.23. The fourth-order valence-electron chi connectivity index (χ4n) is 3.16. The predicted octanol–water partition coefficient (Wildman–Crippen LogP) is 2.73. The highest BCUT2D eigenvalue weighted by Gasteiger charge is 2.23. The van der Waals surface area contributed by atoms with Crippen molar-refractivity contribution in [1.82, 2.24) is 19.3 Å². The standard InChI is InChI=1S/C21H16BrFN4O4S/c1-11-19(30)27(17(23)13-3-2-4-14(22)7-13)21(31)26-10-15(32-20(11)26)18(29)25-9-12-5-6-16(28)24-8-12/h2-8,10,17H,9H2,1H3,(H,24,28)(H,25,29). The molecule has 8 nitrogen and oxygen atoms in total. The van der Waals surface area contributed by atoms with Crippen LogP contribution in [0, 0.1) is 6.92 Å². The molecule has 0 radical (unpaired) electrons. The van der Waals surface area contributed by atoms with Crippen LogP contribution in [0.4, 0.5) is 4.39 Å². The van der Waals surface area contributed by atoms with Gasteiger partial charge in [-0.15, -0.1) is 11.3 Å². The van der Waals surface area contributed by atoms with Crippen LogP contribution in [0.25, 0.3) is 4.83 Å². The van der Waals surface area contributed by atoms with Crippen LogP contribution in [0.1, 0.15) is 32.7 Å². The average molecular weight is 519 g/mol. The summed E-state index contributed by atoms with van der Waals surface area (Å²) in [5, 5.41) is 2.69. The van der Waals surface area contributed by atoms with Crippen LogP contribution in [-0.4, -0.2) is 19.9 Å². The number of fused-ring (bicyclic) bond motifs is 1. The number of halogens is 2. The number of hydrogen-bond donors (Lipinski definition) is 2. The largest absolute Gasteiger partial charge is 0.347 e. The maximum atomic E-state index is 15.2. The molecule has 0 saturated carbocycles. The second-order valence-corrected chi connectivity index (χ2v) is 8.93. The smallest absolute Gasteiger partial charge is 0.338 e. The normalized spacial score (nSPS) is 12.1. The average Bonchev–Trinajstić information content (AvgIpc) is 3.23. The molecule has 3 heterocycles. The summed E-state index contributed by atoms with van der Waals surface area (Å²) >= 11 is 4.22. The molecule has 0 spiro atoms. The van der Waals surface area contributed by atoms with E-state index in [2.05, 4.69) is 26.2 Å². The Hall–Kier alpha value is -3.31. The van der Waals surface area contributed by atoms with E-state index < -0.39 is 23.5 Å². The molecule has 4 aromatic rings.